The lowest BCUT2D eigenvalue weighted by molar-refractivity contribution is -0.279. The van der Waals surface area contributed by atoms with Gasteiger partial charge in [-0.1, -0.05) is 45.4 Å². The predicted octanol–water partition coefficient (Wildman–Crippen LogP) is 6.24. The Morgan fingerprint density at radius 2 is 1.84 bits per heavy atom. The summed E-state index contributed by atoms with van der Waals surface area (Å²) in [6.45, 7) is 12.4. The maximum Gasteiger partial charge on any atom is 0.198 e. The zero-order valence-electron chi connectivity index (χ0n) is 19.7. The number of halogens is 1. The first-order valence-electron chi connectivity index (χ1n) is 12.2. The molecule has 6 atom stereocenters. The third-order valence-electron chi connectivity index (χ3n) is 8.78. The Hall–Kier alpha value is -0.650. The third-order valence-corrected chi connectivity index (χ3v) is 9.12. The van der Waals surface area contributed by atoms with E-state index in [0.29, 0.717) is 29.6 Å². The Balaban J connectivity index is 1.61. The van der Waals surface area contributed by atoms with Crippen molar-refractivity contribution in [1.29, 1.82) is 0 Å². The number of hydrogen-bond acceptors (Lipinski definition) is 4. The fraction of sp³-hybridized carbons (Fsp3) is 0.769. The lowest BCUT2D eigenvalue weighted by Gasteiger charge is -2.49. The van der Waals surface area contributed by atoms with Crippen molar-refractivity contribution >= 4 is 11.6 Å². The maximum absolute atomic E-state index is 11.3. The molecule has 174 valence electrons. The van der Waals surface area contributed by atoms with Gasteiger partial charge in [0.25, 0.3) is 0 Å². The molecule has 3 aliphatic rings. The van der Waals surface area contributed by atoms with Crippen molar-refractivity contribution in [2.45, 2.75) is 90.3 Å². The molecule has 4 nitrogen and oxygen atoms in total. The number of rotatable bonds is 6. The Labute approximate surface area is 192 Å². The number of aliphatic hydroxyl groups is 1. The summed E-state index contributed by atoms with van der Waals surface area (Å²) in [5.41, 5.74) is 1.53. The molecule has 1 aromatic rings. The molecule has 1 saturated carbocycles. The van der Waals surface area contributed by atoms with Crippen LogP contribution < -0.4 is 0 Å². The van der Waals surface area contributed by atoms with Crippen molar-refractivity contribution in [3.8, 4) is 0 Å². The van der Waals surface area contributed by atoms with E-state index in [2.05, 4.69) is 27.7 Å². The van der Waals surface area contributed by atoms with E-state index in [4.69, 9.17) is 25.8 Å². The highest BCUT2D eigenvalue weighted by atomic mass is 35.5. The average Bonchev–Trinajstić information content (AvgIpc) is 3.17. The quantitative estimate of drug-likeness (QED) is 0.557. The molecule has 0 spiro atoms. The Morgan fingerprint density at radius 1 is 1.13 bits per heavy atom. The van der Waals surface area contributed by atoms with Crippen molar-refractivity contribution in [3.63, 3.8) is 0 Å². The Kier molecular flexibility index (Phi) is 6.78. The fourth-order valence-corrected chi connectivity index (χ4v) is 6.48. The molecule has 2 heterocycles. The molecule has 0 aromatic heterocycles. The molecular weight excluding hydrogens is 412 g/mol. The standard InChI is InChI=1S/C26H39ClO4/c1-6-25-15-30-26(31-25,18(5)16(3)17(25)4)20-10-13-23(27)22(14-20)24(28)19-8-11-21(12-9-19)29-7-2/h10,13-14,16-19,21,24,28H,6-9,11-12,15H2,1-5H3/t16-,17-,18+,19?,21?,24?,25-,26+/m0/s1. The van der Waals surface area contributed by atoms with E-state index in [-0.39, 0.29) is 17.4 Å². The third kappa shape index (κ3) is 3.87. The second-order valence-electron chi connectivity index (χ2n) is 10.1. The highest BCUT2D eigenvalue weighted by molar-refractivity contribution is 6.31. The number of hydrogen-bond donors (Lipinski definition) is 1. The van der Waals surface area contributed by atoms with Crippen molar-refractivity contribution in [2.75, 3.05) is 13.2 Å². The number of ether oxygens (including phenoxy) is 3. The summed E-state index contributed by atoms with van der Waals surface area (Å²) in [4.78, 5) is 0. The van der Waals surface area contributed by atoms with Gasteiger partial charge < -0.3 is 19.3 Å². The molecule has 3 fully saturated rings. The van der Waals surface area contributed by atoms with Crippen molar-refractivity contribution in [3.05, 3.63) is 34.3 Å². The van der Waals surface area contributed by atoms with Crippen LogP contribution >= 0.6 is 11.6 Å². The first-order valence-corrected chi connectivity index (χ1v) is 12.6. The topological polar surface area (TPSA) is 47.9 Å². The van der Waals surface area contributed by atoms with Gasteiger partial charge in [-0.3, -0.25) is 0 Å². The SMILES string of the molecule is CCOC1CCC(C(O)c2cc([C@]34OC[C@](CC)(O3)[C@@H](C)[C@H](C)[C@H]4C)ccc2Cl)CC1. The normalized spacial score (nSPS) is 41.3. The fourth-order valence-electron chi connectivity index (χ4n) is 6.25. The summed E-state index contributed by atoms with van der Waals surface area (Å²) in [5.74, 6) is 0.533. The van der Waals surface area contributed by atoms with Crippen LogP contribution in [0.1, 0.15) is 84.0 Å². The average molecular weight is 451 g/mol. The Bertz CT molecular complexity index is 777. The monoisotopic (exact) mass is 450 g/mol. The highest BCUT2D eigenvalue weighted by Gasteiger charge is 2.62. The van der Waals surface area contributed by atoms with Gasteiger partial charge in [-0.05, 0) is 74.5 Å². The Morgan fingerprint density at radius 3 is 2.48 bits per heavy atom. The van der Waals surface area contributed by atoms with Gasteiger partial charge in [-0.2, -0.15) is 0 Å². The molecule has 1 unspecified atom stereocenters. The van der Waals surface area contributed by atoms with Crippen LogP contribution in [-0.2, 0) is 20.0 Å². The van der Waals surface area contributed by atoms with E-state index >= 15 is 0 Å². The summed E-state index contributed by atoms with van der Waals surface area (Å²) in [7, 11) is 0. The minimum atomic E-state index is -0.770. The molecule has 4 rings (SSSR count). The number of aliphatic hydroxyl groups excluding tert-OH is 1. The molecule has 2 aliphatic heterocycles. The predicted molar refractivity (Wildman–Crippen MR) is 123 cm³/mol. The van der Waals surface area contributed by atoms with Crippen LogP contribution in [0.2, 0.25) is 5.02 Å². The van der Waals surface area contributed by atoms with Crippen molar-refractivity contribution in [2.24, 2.45) is 23.7 Å². The minimum absolute atomic E-state index is 0.199. The first-order chi connectivity index (χ1) is 14.8. The van der Waals surface area contributed by atoms with Gasteiger partial charge in [0.15, 0.2) is 5.79 Å². The molecule has 1 N–H and O–H groups in total. The minimum Gasteiger partial charge on any atom is -0.388 e. The summed E-state index contributed by atoms with van der Waals surface area (Å²) < 4.78 is 19.1. The highest BCUT2D eigenvalue weighted by Crippen LogP contribution is 2.58. The van der Waals surface area contributed by atoms with E-state index in [1.807, 2.05) is 25.1 Å². The van der Waals surface area contributed by atoms with Gasteiger partial charge in [0.2, 0.25) is 0 Å². The van der Waals surface area contributed by atoms with Crippen LogP contribution in [0, 0.1) is 23.7 Å². The van der Waals surface area contributed by atoms with Gasteiger partial charge in [-0.15, -0.1) is 0 Å². The van der Waals surface area contributed by atoms with Crippen molar-refractivity contribution < 1.29 is 19.3 Å². The molecule has 0 radical (unpaired) electrons. The van der Waals surface area contributed by atoms with Crippen LogP contribution in [-0.4, -0.2) is 30.0 Å². The van der Waals surface area contributed by atoms with Crippen molar-refractivity contribution in [1.82, 2.24) is 0 Å². The van der Waals surface area contributed by atoms with E-state index in [1.54, 1.807) is 0 Å². The molecule has 31 heavy (non-hydrogen) atoms. The van der Waals surface area contributed by atoms with E-state index in [9.17, 15) is 5.11 Å². The molecule has 2 saturated heterocycles. The maximum atomic E-state index is 11.3. The summed E-state index contributed by atoms with van der Waals surface area (Å²) in [5, 5.41) is 11.9. The lowest BCUT2D eigenvalue weighted by Crippen LogP contribution is -2.53. The largest absolute Gasteiger partial charge is 0.388 e. The van der Waals surface area contributed by atoms with E-state index in [0.717, 1.165) is 49.8 Å². The summed E-state index contributed by atoms with van der Waals surface area (Å²) >= 11 is 6.60. The second kappa shape index (κ2) is 8.95. The zero-order valence-corrected chi connectivity index (χ0v) is 20.5. The lowest BCUT2D eigenvalue weighted by atomic mass is 9.68. The zero-order chi connectivity index (χ0) is 22.4. The van der Waals surface area contributed by atoms with Crippen LogP contribution in [0.15, 0.2) is 18.2 Å². The summed E-state index contributed by atoms with van der Waals surface area (Å²) in [6.07, 6.45) is 4.56. The van der Waals surface area contributed by atoms with E-state index in [1.165, 1.54) is 0 Å². The van der Waals surface area contributed by atoms with Crippen LogP contribution in [0.25, 0.3) is 0 Å². The number of benzene rings is 1. The molecule has 1 aliphatic carbocycles. The van der Waals surface area contributed by atoms with E-state index < -0.39 is 11.9 Å². The molecule has 1 aromatic carbocycles. The van der Waals surface area contributed by atoms with Gasteiger partial charge in [0.1, 0.15) is 0 Å². The molecule has 5 heteroatoms. The second-order valence-corrected chi connectivity index (χ2v) is 10.5. The van der Waals surface area contributed by atoms with Gasteiger partial charge >= 0.3 is 0 Å². The van der Waals surface area contributed by atoms with Crippen LogP contribution in [0.5, 0.6) is 0 Å². The van der Waals surface area contributed by atoms with Crippen LogP contribution in [0.3, 0.4) is 0 Å². The van der Waals surface area contributed by atoms with Crippen LogP contribution in [0.4, 0.5) is 0 Å². The molecule has 0 amide bonds. The van der Waals surface area contributed by atoms with Gasteiger partial charge in [-0.25, -0.2) is 0 Å². The molecule has 2 bridgehead atoms. The first kappa shape index (κ1) is 23.5. The van der Waals surface area contributed by atoms with Gasteiger partial charge in [0, 0.05) is 23.1 Å². The van der Waals surface area contributed by atoms with Gasteiger partial charge in [0.05, 0.1) is 24.4 Å². The number of fused-ring (bicyclic) bond motifs is 2. The molecular formula is C26H39ClO4. The smallest absolute Gasteiger partial charge is 0.198 e. The summed E-state index contributed by atoms with van der Waals surface area (Å²) in [6, 6.07) is 5.98.